The summed E-state index contributed by atoms with van der Waals surface area (Å²) in [6.07, 6.45) is 0. The molecule has 5 nitrogen and oxygen atoms in total. The molecule has 0 aliphatic heterocycles. The molecular formula is C11H10BrFN2O3. The van der Waals surface area contributed by atoms with Crippen LogP contribution in [0.5, 0.6) is 11.5 Å². The first-order valence-electron chi connectivity index (χ1n) is 4.91. The van der Waals surface area contributed by atoms with Gasteiger partial charge in [-0.3, -0.25) is 0 Å². The van der Waals surface area contributed by atoms with Gasteiger partial charge in [-0.15, -0.1) is 0 Å². The molecule has 0 radical (unpaired) electrons. The number of hydrogen-bond acceptors (Lipinski definition) is 5. The first kappa shape index (κ1) is 12.7. The Kier molecular flexibility index (Phi) is 3.42. The summed E-state index contributed by atoms with van der Waals surface area (Å²) in [6.45, 7) is 0. The minimum atomic E-state index is -0.527. The van der Waals surface area contributed by atoms with Crippen LogP contribution >= 0.6 is 15.9 Å². The zero-order chi connectivity index (χ0) is 13.3. The fourth-order valence-electron chi connectivity index (χ4n) is 1.53. The number of aromatic nitrogens is 1. The Hall–Kier alpha value is -1.76. The van der Waals surface area contributed by atoms with Crippen molar-refractivity contribution < 1.29 is 18.4 Å². The number of nitrogens with two attached hydrogens (primary N) is 1. The van der Waals surface area contributed by atoms with Crippen molar-refractivity contribution in [1.82, 2.24) is 5.16 Å². The molecule has 0 saturated heterocycles. The predicted molar refractivity (Wildman–Crippen MR) is 67.1 cm³/mol. The Labute approximate surface area is 111 Å². The lowest BCUT2D eigenvalue weighted by Gasteiger charge is -2.12. The van der Waals surface area contributed by atoms with E-state index in [1.807, 2.05) is 0 Å². The summed E-state index contributed by atoms with van der Waals surface area (Å²) in [5, 5.41) is 3.66. The van der Waals surface area contributed by atoms with E-state index >= 15 is 0 Å². The van der Waals surface area contributed by atoms with Gasteiger partial charge in [-0.1, -0.05) is 5.16 Å². The molecule has 0 aliphatic rings. The lowest BCUT2D eigenvalue weighted by molar-refractivity contribution is 0.350. The second-order valence-corrected chi connectivity index (χ2v) is 4.20. The fourth-order valence-corrected chi connectivity index (χ4v) is 2.10. The highest BCUT2D eigenvalue weighted by Crippen LogP contribution is 2.42. The van der Waals surface area contributed by atoms with Gasteiger partial charge in [-0.2, -0.15) is 0 Å². The molecule has 0 aliphatic carbocycles. The molecule has 96 valence electrons. The van der Waals surface area contributed by atoms with Crippen LogP contribution < -0.4 is 15.2 Å². The van der Waals surface area contributed by atoms with E-state index in [9.17, 15) is 4.39 Å². The van der Waals surface area contributed by atoms with E-state index in [1.54, 1.807) is 0 Å². The molecule has 1 heterocycles. The monoisotopic (exact) mass is 316 g/mol. The molecule has 0 spiro atoms. The van der Waals surface area contributed by atoms with Gasteiger partial charge in [0.2, 0.25) is 5.88 Å². The summed E-state index contributed by atoms with van der Waals surface area (Å²) in [5.41, 5.74) is 5.90. The summed E-state index contributed by atoms with van der Waals surface area (Å²) >= 11 is 3.12. The van der Waals surface area contributed by atoms with Gasteiger partial charge in [0, 0.05) is 11.6 Å². The van der Waals surface area contributed by atoms with Crippen molar-refractivity contribution in [2.45, 2.75) is 0 Å². The van der Waals surface area contributed by atoms with Crippen LogP contribution in [0, 0.1) is 5.82 Å². The van der Waals surface area contributed by atoms with Crippen LogP contribution in [0.3, 0.4) is 0 Å². The second-order valence-electron chi connectivity index (χ2n) is 3.40. The smallest absolute Gasteiger partial charge is 0.222 e. The number of nitrogens with zero attached hydrogens (tertiary/aromatic N) is 1. The van der Waals surface area contributed by atoms with E-state index in [4.69, 9.17) is 19.7 Å². The predicted octanol–water partition coefficient (Wildman–Crippen LogP) is 2.84. The number of anilines is 1. The number of ether oxygens (including phenoxy) is 2. The van der Waals surface area contributed by atoms with E-state index in [0.29, 0.717) is 5.75 Å². The van der Waals surface area contributed by atoms with Gasteiger partial charge in [0.1, 0.15) is 5.69 Å². The molecule has 1 aromatic heterocycles. The van der Waals surface area contributed by atoms with Gasteiger partial charge in [-0.05, 0) is 22.0 Å². The van der Waals surface area contributed by atoms with Crippen LogP contribution in [-0.2, 0) is 0 Å². The van der Waals surface area contributed by atoms with Crippen molar-refractivity contribution in [3.05, 3.63) is 22.4 Å². The molecule has 2 rings (SSSR count). The maximum atomic E-state index is 14.2. The molecule has 2 aromatic rings. The average Bonchev–Trinajstić information content (AvgIpc) is 2.78. The Morgan fingerprint density at radius 2 is 2.06 bits per heavy atom. The molecule has 0 bridgehead atoms. The standard InChI is InChI=1S/C11H10BrFN2O3/c1-16-7-3-5(6-4-8(14)18-15-6)10(13)9(12)11(7)17-2/h3-4H,14H2,1-2H3. The first-order valence-corrected chi connectivity index (χ1v) is 5.70. The van der Waals surface area contributed by atoms with E-state index < -0.39 is 5.82 Å². The summed E-state index contributed by atoms with van der Waals surface area (Å²) in [7, 11) is 2.89. The Morgan fingerprint density at radius 3 is 2.56 bits per heavy atom. The molecule has 0 amide bonds. The minimum absolute atomic E-state index is 0.107. The van der Waals surface area contributed by atoms with E-state index in [-0.39, 0.29) is 27.4 Å². The van der Waals surface area contributed by atoms with Crippen molar-refractivity contribution >= 4 is 21.8 Å². The van der Waals surface area contributed by atoms with Crippen LogP contribution in [0.1, 0.15) is 0 Å². The van der Waals surface area contributed by atoms with Crippen LogP contribution in [0.25, 0.3) is 11.3 Å². The van der Waals surface area contributed by atoms with E-state index in [0.717, 1.165) is 0 Å². The highest BCUT2D eigenvalue weighted by atomic mass is 79.9. The number of nitrogen functional groups attached to an aromatic ring is 1. The summed E-state index contributed by atoms with van der Waals surface area (Å²) < 4.78 is 29.2. The Bertz CT molecular complexity index is 586. The SMILES string of the molecule is COc1cc(-c2cc(N)on2)c(F)c(Br)c1OC. The Morgan fingerprint density at radius 1 is 1.33 bits per heavy atom. The lowest BCUT2D eigenvalue weighted by Crippen LogP contribution is -1.96. The fraction of sp³-hybridized carbons (Fsp3) is 0.182. The number of hydrogen-bond donors (Lipinski definition) is 1. The number of rotatable bonds is 3. The van der Waals surface area contributed by atoms with Crippen LogP contribution in [0.15, 0.2) is 21.1 Å². The molecule has 2 N–H and O–H groups in total. The van der Waals surface area contributed by atoms with Crippen molar-refractivity contribution in [3.8, 4) is 22.8 Å². The lowest BCUT2D eigenvalue weighted by atomic mass is 10.1. The van der Waals surface area contributed by atoms with Crippen molar-refractivity contribution in [2.24, 2.45) is 0 Å². The molecule has 0 atom stereocenters. The molecule has 0 unspecified atom stereocenters. The molecule has 18 heavy (non-hydrogen) atoms. The molecule has 7 heteroatoms. The topological polar surface area (TPSA) is 70.5 Å². The van der Waals surface area contributed by atoms with Gasteiger partial charge in [-0.25, -0.2) is 4.39 Å². The third kappa shape index (κ3) is 2.01. The number of methoxy groups -OCH3 is 2. The zero-order valence-corrected chi connectivity index (χ0v) is 11.2. The molecule has 0 saturated carbocycles. The number of halogens is 2. The molecule has 1 aromatic carbocycles. The van der Waals surface area contributed by atoms with Gasteiger partial charge >= 0.3 is 0 Å². The largest absolute Gasteiger partial charge is 0.493 e. The third-order valence-corrected chi connectivity index (χ3v) is 3.06. The second kappa shape index (κ2) is 4.85. The van der Waals surface area contributed by atoms with Crippen LogP contribution in [0.4, 0.5) is 10.3 Å². The summed E-state index contributed by atoms with van der Waals surface area (Å²) in [4.78, 5) is 0. The van der Waals surface area contributed by atoms with E-state index in [1.165, 1.54) is 26.4 Å². The summed E-state index contributed by atoms with van der Waals surface area (Å²) in [5.74, 6) is 0.230. The quantitative estimate of drug-likeness (QED) is 0.942. The van der Waals surface area contributed by atoms with Crippen molar-refractivity contribution in [1.29, 1.82) is 0 Å². The molecular weight excluding hydrogens is 307 g/mol. The van der Waals surface area contributed by atoms with Crippen LogP contribution in [0.2, 0.25) is 0 Å². The zero-order valence-electron chi connectivity index (χ0n) is 9.66. The van der Waals surface area contributed by atoms with Crippen molar-refractivity contribution in [3.63, 3.8) is 0 Å². The number of benzene rings is 1. The normalized spacial score (nSPS) is 10.4. The summed E-state index contributed by atoms with van der Waals surface area (Å²) in [6, 6.07) is 2.90. The maximum absolute atomic E-state index is 14.2. The van der Waals surface area contributed by atoms with Crippen LogP contribution in [-0.4, -0.2) is 19.4 Å². The average molecular weight is 317 g/mol. The minimum Gasteiger partial charge on any atom is -0.493 e. The van der Waals surface area contributed by atoms with Gasteiger partial charge in [0.05, 0.1) is 18.7 Å². The Balaban J connectivity index is 2.65. The highest BCUT2D eigenvalue weighted by molar-refractivity contribution is 9.10. The first-order chi connectivity index (χ1) is 8.58. The van der Waals surface area contributed by atoms with E-state index in [2.05, 4.69) is 21.1 Å². The highest BCUT2D eigenvalue weighted by Gasteiger charge is 2.20. The molecule has 0 fully saturated rings. The third-order valence-electron chi connectivity index (χ3n) is 2.36. The van der Waals surface area contributed by atoms with Gasteiger partial charge < -0.3 is 19.7 Å². The van der Waals surface area contributed by atoms with Crippen molar-refractivity contribution in [2.75, 3.05) is 20.0 Å². The van der Waals surface area contributed by atoms with Gasteiger partial charge in [0.25, 0.3) is 0 Å². The maximum Gasteiger partial charge on any atom is 0.222 e. The van der Waals surface area contributed by atoms with Gasteiger partial charge in [0.15, 0.2) is 17.3 Å².